The summed E-state index contributed by atoms with van der Waals surface area (Å²) in [7, 11) is 0. The van der Waals surface area contributed by atoms with Crippen molar-refractivity contribution in [3.8, 4) is 0 Å². The van der Waals surface area contributed by atoms with E-state index >= 15 is 0 Å². The first-order valence-electron chi connectivity index (χ1n) is 7.83. The van der Waals surface area contributed by atoms with Crippen LogP contribution in [0.3, 0.4) is 0 Å². The Balaban J connectivity index is 1.89. The van der Waals surface area contributed by atoms with Crippen molar-refractivity contribution in [2.75, 3.05) is 31.9 Å². The molecule has 1 aromatic rings. The molecule has 0 atom stereocenters. The van der Waals surface area contributed by atoms with E-state index in [1.54, 1.807) is 21.6 Å². The number of hydrogen-bond acceptors (Lipinski definition) is 3. The molecule has 1 aromatic carbocycles. The molecule has 0 spiro atoms. The molecule has 0 saturated carbocycles. The van der Waals surface area contributed by atoms with Crippen LogP contribution in [0.5, 0.6) is 0 Å². The SMILES string of the molecule is CC(C)(C)SCC(=O)N1CCN(C(=O)c2ccc(F)c(F)c2)CC1. The molecule has 0 aromatic heterocycles. The van der Waals surface area contributed by atoms with Crippen LogP contribution in [0.4, 0.5) is 8.78 Å². The lowest BCUT2D eigenvalue weighted by atomic mass is 10.1. The number of halogens is 2. The molecule has 0 bridgehead atoms. The number of hydrogen-bond donors (Lipinski definition) is 0. The van der Waals surface area contributed by atoms with E-state index in [0.717, 1.165) is 12.1 Å². The van der Waals surface area contributed by atoms with E-state index in [2.05, 4.69) is 20.8 Å². The van der Waals surface area contributed by atoms with Crippen LogP contribution < -0.4 is 0 Å². The van der Waals surface area contributed by atoms with Gasteiger partial charge in [-0.15, -0.1) is 11.8 Å². The van der Waals surface area contributed by atoms with Gasteiger partial charge in [0, 0.05) is 36.5 Å². The van der Waals surface area contributed by atoms with E-state index in [-0.39, 0.29) is 22.1 Å². The van der Waals surface area contributed by atoms with Crippen LogP contribution in [0, 0.1) is 11.6 Å². The van der Waals surface area contributed by atoms with Crippen LogP contribution in [-0.2, 0) is 4.79 Å². The summed E-state index contributed by atoms with van der Waals surface area (Å²) in [5.74, 6) is -1.87. The number of amides is 2. The van der Waals surface area contributed by atoms with Crippen LogP contribution in [0.1, 0.15) is 31.1 Å². The fourth-order valence-corrected chi connectivity index (χ4v) is 3.08. The van der Waals surface area contributed by atoms with Gasteiger partial charge in [-0.1, -0.05) is 20.8 Å². The van der Waals surface area contributed by atoms with Gasteiger partial charge in [0.2, 0.25) is 5.91 Å². The van der Waals surface area contributed by atoms with E-state index in [0.29, 0.717) is 31.9 Å². The average Bonchev–Trinajstić information content (AvgIpc) is 2.54. The first-order valence-corrected chi connectivity index (χ1v) is 8.82. The van der Waals surface area contributed by atoms with Crippen LogP contribution in [0.15, 0.2) is 18.2 Å². The van der Waals surface area contributed by atoms with Gasteiger partial charge in [0.15, 0.2) is 11.6 Å². The van der Waals surface area contributed by atoms with E-state index in [1.807, 2.05) is 0 Å². The van der Waals surface area contributed by atoms with Crippen molar-refractivity contribution in [3.05, 3.63) is 35.4 Å². The van der Waals surface area contributed by atoms with Crippen LogP contribution >= 0.6 is 11.8 Å². The largest absolute Gasteiger partial charge is 0.338 e. The zero-order valence-electron chi connectivity index (χ0n) is 14.1. The molecule has 0 unspecified atom stereocenters. The normalized spacial score (nSPS) is 15.5. The Hall–Kier alpha value is -1.63. The quantitative estimate of drug-likeness (QED) is 0.836. The number of rotatable bonds is 3. The van der Waals surface area contributed by atoms with Gasteiger partial charge in [-0.05, 0) is 18.2 Å². The highest BCUT2D eigenvalue weighted by atomic mass is 32.2. The Morgan fingerprint density at radius 2 is 1.62 bits per heavy atom. The second-order valence-electron chi connectivity index (χ2n) is 6.70. The first-order chi connectivity index (χ1) is 11.2. The molecule has 0 radical (unpaired) electrons. The molecule has 1 heterocycles. The second-order valence-corrected chi connectivity index (χ2v) is 8.51. The third kappa shape index (κ3) is 4.93. The van der Waals surface area contributed by atoms with Crippen molar-refractivity contribution in [1.82, 2.24) is 9.80 Å². The van der Waals surface area contributed by atoms with E-state index in [1.165, 1.54) is 6.07 Å². The highest BCUT2D eigenvalue weighted by Gasteiger charge is 2.26. The molecular formula is C17H22F2N2O2S. The maximum atomic E-state index is 13.3. The molecule has 1 aliphatic heterocycles. The first kappa shape index (κ1) is 18.7. The molecule has 0 aliphatic carbocycles. The van der Waals surface area contributed by atoms with Crippen molar-refractivity contribution >= 4 is 23.6 Å². The number of carbonyl (C=O) groups excluding carboxylic acids is 2. The summed E-state index contributed by atoms with van der Waals surface area (Å²) < 4.78 is 26.2. The van der Waals surface area contributed by atoms with Crippen molar-refractivity contribution in [3.63, 3.8) is 0 Å². The van der Waals surface area contributed by atoms with Crippen LogP contribution in [0.2, 0.25) is 0 Å². The Morgan fingerprint density at radius 1 is 1.04 bits per heavy atom. The van der Waals surface area contributed by atoms with Gasteiger partial charge in [0.05, 0.1) is 5.75 Å². The van der Waals surface area contributed by atoms with Gasteiger partial charge in [-0.25, -0.2) is 8.78 Å². The summed E-state index contributed by atoms with van der Waals surface area (Å²) in [6.07, 6.45) is 0. The average molecular weight is 356 g/mol. The summed E-state index contributed by atoms with van der Waals surface area (Å²) in [5.41, 5.74) is 0.122. The van der Waals surface area contributed by atoms with Gasteiger partial charge in [0.1, 0.15) is 0 Å². The highest BCUT2D eigenvalue weighted by molar-refractivity contribution is 8.01. The van der Waals surface area contributed by atoms with Gasteiger partial charge >= 0.3 is 0 Å². The zero-order valence-corrected chi connectivity index (χ0v) is 15.0. The maximum absolute atomic E-state index is 13.3. The fourth-order valence-electron chi connectivity index (χ4n) is 2.34. The fraction of sp³-hybridized carbons (Fsp3) is 0.529. The molecule has 1 fully saturated rings. The zero-order chi connectivity index (χ0) is 17.9. The predicted octanol–water partition coefficient (Wildman–Crippen LogP) is 2.78. The molecule has 2 amide bonds. The lowest BCUT2D eigenvalue weighted by Crippen LogP contribution is -2.51. The number of benzene rings is 1. The third-order valence-electron chi connectivity index (χ3n) is 3.71. The molecule has 4 nitrogen and oxygen atoms in total. The van der Waals surface area contributed by atoms with Crippen molar-refractivity contribution < 1.29 is 18.4 Å². The molecule has 2 rings (SSSR count). The number of nitrogens with zero attached hydrogens (tertiary/aromatic N) is 2. The molecule has 7 heteroatoms. The smallest absolute Gasteiger partial charge is 0.254 e. The minimum atomic E-state index is -1.03. The summed E-state index contributed by atoms with van der Waals surface area (Å²) >= 11 is 1.59. The second kappa shape index (κ2) is 7.51. The van der Waals surface area contributed by atoms with E-state index in [4.69, 9.17) is 0 Å². The van der Waals surface area contributed by atoms with Gasteiger partial charge < -0.3 is 9.80 Å². The summed E-state index contributed by atoms with van der Waals surface area (Å²) in [6, 6.07) is 3.14. The van der Waals surface area contributed by atoms with E-state index < -0.39 is 11.6 Å². The lowest BCUT2D eigenvalue weighted by Gasteiger charge is -2.35. The number of carbonyl (C=O) groups is 2. The van der Waals surface area contributed by atoms with Gasteiger partial charge in [-0.2, -0.15) is 0 Å². The summed E-state index contributed by atoms with van der Waals surface area (Å²) in [6.45, 7) is 7.88. The topological polar surface area (TPSA) is 40.6 Å². The monoisotopic (exact) mass is 356 g/mol. The van der Waals surface area contributed by atoms with Crippen LogP contribution in [-0.4, -0.2) is 58.3 Å². The minimum Gasteiger partial charge on any atom is -0.338 e. The summed E-state index contributed by atoms with van der Waals surface area (Å²) in [5, 5.41) is 0. The molecule has 0 N–H and O–H groups in total. The van der Waals surface area contributed by atoms with Gasteiger partial charge in [-0.3, -0.25) is 9.59 Å². The Kier molecular flexibility index (Phi) is 5.85. The highest BCUT2D eigenvalue weighted by Crippen LogP contribution is 2.23. The Bertz CT molecular complexity index is 624. The van der Waals surface area contributed by atoms with Crippen molar-refractivity contribution in [1.29, 1.82) is 0 Å². The third-order valence-corrected chi connectivity index (χ3v) is 4.97. The van der Waals surface area contributed by atoms with Crippen molar-refractivity contribution in [2.24, 2.45) is 0 Å². The van der Waals surface area contributed by atoms with Gasteiger partial charge in [0.25, 0.3) is 5.91 Å². The molecular weight excluding hydrogens is 334 g/mol. The Labute approximate surface area is 145 Å². The predicted molar refractivity (Wildman–Crippen MR) is 91.1 cm³/mol. The van der Waals surface area contributed by atoms with Crippen molar-refractivity contribution in [2.45, 2.75) is 25.5 Å². The number of piperazine rings is 1. The molecule has 1 saturated heterocycles. The standard InChI is InChI=1S/C17H22F2N2O2S/c1-17(2,3)24-11-15(22)20-6-8-21(9-7-20)16(23)12-4-5-13(18)14(19)10-12/h4-5,10H,6-9,11H2,1-3H3. The Morgan fingerprint density at radius 3 is 2.17 bits per heavy atom. The lowest BCUT2D eigenvalue weighted by molar-refractivity contribution is -0.129. The van der Waals surface area contributed by atoms with E-state index in [9.17, 15) is 18.4 Å². The summed E-state index contributed by atoms with van der Waals surface area (Å²) in [4.78, 5) is 27.8. The molecule has 132 valence electrons. The molecule has 24 heavy (non-hydrogen) atoms. The van der Waals surface area contributed by atoms with Crippen LogP contribution in [0.25, 0.3) is 0 Å². The number of thioether (sulfide) groups is 1. The molecule has 1 aliphatic rings. The minimum absolute atomic E-state index is 0.0279. The maximum Gasteiger partial charge on any atom is 0.254 e.